The van der Waals surface area contributed by atoms with E-state index in [4.69, 9.17) is 4.74 Å². The number of fused-ring (bicyclic) bond motifs is 1. The number of ether oxygens (including phenoxy) is 1. The van der Waals surface area contributed by atoms with Gasteiger partial charge in [-0.2, -0.15) is 0 Å². The lowest BCUT2D eigenvalue weighted by Crippen LogP contribution is -2.42. The number of methoxy groups -OCH3 is 1. The molecule has 2 rings (SSSR count). The molecule has 19 heavy (non-hydrogen) atoms. The van der Waals surface area contributed by atoms with Crippen LogP contribution in [0.4, 0.5) is 5.69 Å². The maximum atomic E-state index is 11.8. The molecule has 1 atom stereocenters. The number of aryl methyl sites for hydroxylation is 1. The van der Waals surface area contributed by atoms with Crippen LogP contribution < -0.4 is 9.64 Å². The zero-order valence-corrected chi connectivity index (χ0v) is 11.3. The maximum absolute atomic E-state index is 11.8. The molecule has 0 saturated carbocycles. The first-order chi connectivity index (χ1) is 8.95. The van der Waals surface area contributed by atoms with Gasteiger partial charge in [0.2, 0.25) is 5.91 Å². The molecule has 1 heterocycles. The first kappa shape index (κ1) is 13.4. The lowest BCUT2D eigenvalue weighted by Gasteiger charge is -2.34. The second-order valence-electron chi connectivity index (χ2n) is 4.78. The number of aliphatic carboxylic acids is 1. The normalized spacial score (nSPS) is 17.8. The van der Waals surface area contributed by atoms with Gasteiger partial charge in [-0.3, -0.25) is 9.59 Å². The van der Waals surface area contributed by atoms with Gasteiger partial charge in [0.05, 0.1) is 18.7 Å². The lowest BCUT2D eigenvalue weighted by molar-refractivity contribution is -0.141. The van der Waals surface area contributed by atoms with Crippen molar-refractivity contribution < 1.29 is 19.4 Å². The van der Waals surface area contributed by atoms with Gasteiger partial charge in [-0.25, -0.2) is 0 Å². The number of rotatable bonds is 2. The number of carbonyl (C=O) groups excluding carboxylic acids is 1. The summed E-state index contributed by atoms with van der Waals surface area (Å²) in [7, 11) is 1.55. The topological polar surface area (TPSA) is 66.8 Å². The Morgan fingerprint density at radius 1 is 1.42 bits per heavy atom. The van der Waals surface area contributed by atoms with E-state index in [0.29, 0.717) is 17.9 Å². The summed E-state index contributed by atoms with van der Waals surface area (Å²) in [5.74, 6) is -1.00. The van der Waals surface area contributed by atoms with Gasteiger partial charge >= 0.3 is 5.97 Å². The summed E-state index contributed by atoms with van der Waals surface area (Å²) in [6.07, 6.45) is 0.428. The molecule has 1 amide bonds. The van der Waals surface area contributed by atoms with Gasteiger partial charge < -0.3 is 14.7 Å². The van der Waals surface area contributed by atoms with Crippen molar-refractivity contribution >= 4 is 17.6 Å². The number of benzene rings is 1. The molecule has 0 radical (unpaired) electrons. The van der Waals surface area contributed by atoms with E-state index in [1.807, 2.05) is 19.1 Å². The molecule has 0 aromatic heterocycles. The molecule has 0 spiro atoms. The Labute approximate surface area is 111 Å². The number of carbonyl (C=O) groups is 2. The summed E-state index contributed by atoms with van der Waals surface area (Å²) in [6.45, 7) is 3.55. The number of amides is 1. The smallest absolute Gasteiger partial charge is 0.308 e. The monoisotopic (exact) mass is 263 g/mol. The van der Waals surface area contributed by atoms with Gasteiger partial charge in [-0.1, -0.05) is 6.07 Å². The predicted molar refractivity (Wildman–Crippen MR) is 70.6 cm³/mol. The van der Waals surface area contributed by atoms with Gasteiger partial charge in [-0.15, -0.1) is 0 Å². The summed E-state index contributed by atoms with van der Waals surface area (Å²) in [4.78, 5) is 24.5. The molecule has 102 valence electrons. The minimum atomic E-state index is -0.876. The van der Waals surface area contributed by atoms with Gasteiger partial charge in [0, 0.05) is 13.5 Å². The van der Waals surface area contributed by atoms with Gasteiger partial charge in [0.25, 0.3) is 0 Å². The fourth-order valence-corrected chi connectivity index (χ4v) is 2.51. The first-order valence-corrected chi connectivity index (χ1v) is 6.13. The van der Waals surface area contributed by atoms with E-state index in [1.165, 1.54) is 11.8 Å². The van der Waals surface area contributed by atoms with E-state index in [2.05, 4.69) is 0 Å². The molecular formula is C14H17NO4. The summed E-state index contributed by atoms with van der Waals surface area (Å²) >= 11 is 0. The Bertz CT molecular complexity index is 538. The van der Waals surface area contributed by atoms with Crippen molar-refractivity contribution in [2.24, 2.45) is 5.92 Å². The van der Waals surface area contributed by atoms with Crippen LogP contribution in [0, 0.1) is 12.8 Å². The maximum Gasteiger partial charge on any atom is 0.308 e. The standard InChI is InChI=1S/C14H17NO4/c1-8-4-5-12(19-3)13-11(8)6-10(14(17)18)7-15(13)9(2)16/h4-5,10H,6-7H2,1-3H3,(H,17,18). The largest absolute Gasteiger partial charge is 0.495 e. The Morgan fingerprint density at radius 2 is 2.11 bits per heavy atom. The van der Waals surface area contributed by atoms with Gasteiger partial charge in [-0.05, 0) is 30.5 Å². The highest BCUT2D eigenvalue weighted by Crippen LogP contribution is 2.39. The fourth-order valence-electron chi connectivity index (χ4n) is 2.51. The van der Waals surface area contributed by atoms with E-state index in [1.54, 1.807) is 7.11 Å². The van der Waals surface area contributed by atoms with Crippen LogP contribution in [-0.4, -0.2) is 30.6 Å². The van der Waals surface area contributed by atoms with Crippen molar-refractivity contribution in [1.29, 1.82) is 0 Å². The van der Waals surface area contributed by atoms with Gasteiger partial charge in [0.15, 0.2) is 0 Å². The Hall–Kier alpha value is -2.04. The van der Waals surface area contributed by atoms with E-state index < -0.39 is 11.9 Å². The SMILES string of the molecule is COc1ccc(C)c2c1N(C(C)=O)CC(C(=O)O)C2. The van der Waals surface area contributed by atoms with Crippen molar-refractivity contribution in [1.82, 2.24) is 0 Å². The van der Waals surface area contributed by atoms with E-state index in [0.717, 1.165) is 11.1 Å². The van der Waals surface area contributed by atoms with Crippen molar-refractivity contribution in [3.63, 3.8) is 0 Å². The Kier molecular flexibility index (Phi) is 3.46. The van der Waals surface area contributed by atoms with Crippen LogP contribution in [-0.2, 0) is 16.0 Å². The van der Waals surface area contributed by atoms with Crippen LogP contribution in [0.15, 0.2) is 12.1 Å². The molecule has 1 aromatic carbocycles. The second-order valence-corrected chi connectivity index (χ2v) is 4.78. The van der Waals surface area contributed by atoms with Crippen molar-refractivity contribution in [3.8, 4) is 5.75 Å². The molecular weight excluding hydrogens is 246 g/mol. The second kappa shape index (κ2) is 4.91. The highest BCUT2D eigenvalue weighted by molar-refractivity contribution is 5.96. The number of hydrogen-bond donors (Lipinski definition) is 1. The lowest BCUT2D eigenvalue weighted by atomic mass is 9.89. The summed E-state index contributed by atoms with van der Waals surface area (Å²) in [5, 5.41) is 9.21. The van der Waals surface area contributed by atoms with Crippen LogP contribution >= 0.6 is 0 Å². The highest BCUT2D eigenvalue weighted by Gasteiger charge is 2.33. The molecule has 1 unspecified atom stereocenters. The quantitative estimate of drug-likeness (QED) is 0.880. The van der Waals surface area contributed by atoms with Crippen LogP contribution in [0.25, 0.3) is 0 Å². The van der Waals surface area contributed by atoms with E-state index >= 15 is 0 Å². The third-order valence-corrected chi connectivity index (χ3v) is 3.55. The van der Waals surface area contributed by atoms with Crippen molar-refractivity contribution in [2.75, 3.05) is 18.6 Å². The van der Waals surface area contributed by atoms with Crippen LogP contribution in [0.1, 0.15) is 18.1 Å². The van der Waals surface area contributed by atoms with Crippen LogP contribution in [0.3, 0.4) is 0 Å². The van der Waals surface area contributed by atoms with Crippen LogP contribution in [0.5, 0.6) is 5.75 Å². The zero-order valence-electron chi connectivity index (χ0n) is 11.3. The third kappa shape index (κ3) is 2.28. The van der Waals surface area contributed by atoms with Crippen molar-refractivity contribution in [2.45, 2.75) is 20.3 Å². The number of nitrogens with zero attached hydrogens (tertiary/aromatic N) is 1. The minimum absolute atomic E-state index is 0.170. The van der Waals surface area contributed by atoms with Crippen molar-refractivity contribution in [3.05, 3.63) is 23.3 Å². The zero-order chi connectivity index (χ0) is 14.2. The molecule has 1 aliphatic heterocycles. The molecule has 0 saturated heterocycles. The molecule has 1 N–H and O–H groups in total. The summed E-state index contributed by atoms with van der Waals surface area (Å²) < 4.78 is 5.30. The molecule has 1 aromatic rings. The highest BCUT2D eigenvalue weighted by atomic mass is 16.5. The average Bonchev–Trinajstić information content (AvgIpc) is 2.38. The van der Waals surface area contributed by atoms with E-state index in [-0.39, 0.29) is 12.5 Å². The molecule has 1 aliphatic rings. The van der Waals surface area contributed by atoms with Crippen LogP contribution in [0.2, 0.25) is 0 Å². The average molecular weight is 263 g/mol. The Morgan fingerprint density at radius 3 is 2.63 bits per heavy atom. The summed E-state index contributed by atoms with van der Waals surface area (Å²) in [5.41, 5.74) is 2.58. The minimum Gasteiger partial charge on any atom is -0.495 e. The Balaban J connectivity index is 2.60. The molecule has 0 aliphatic carbocycles. The predicted octanol–water partition coefficient (Wildman–Crippen LogP) is 1.61. The number of carboxylic acid groups (broad SMARTS) is 1. The molecule has 0 bridgehead atoms. The number of anilines is 1. The third-order valence-electron chi connectivity index (χ3n) is 3.55. The summed E-state index contributed by atoms with van der Waals surface area (Å²) in [6, 6.07) is 3.70. The molecule has 5 heteroatoms. The fraction of sp³-hybridized carbons (Fsp3) is 0.429. The van der Waals surface area contributed by atoms with Gasteiger partial charge in [0.1, 0.15) is 5.75 Å². The van der Waals surface area contributed by atoms with E-state index in [9.17, 15) is 14.7 Å². The number of carboxylic acids is 1. The molecule has 5 nitrogen and oxygen atoms in total. The first-order valence-electron chi connectivity index (χ1n) is 6.13. The molecule has 0 fully saturated rings. The number of hydrogen-bond acceptors (Lipinski definition) is 3.